The van der Waals surface area contributed by atoms with Gasteiger partial charge in [0, 0.05) is 33.8 Å². The van der Waals surface area contributed by atoms with E-state index in [9.17, 15) is 14.5 Å². The number of hydrogen-bond acceptors (Lipinski definition) is 6. The average molecular weight is 513 g/mol. The van der Waals surface area contributed by atoms with Crippen molar-refractivity contribution in [2.45, 2.75) is 0 Å². The molecule has 10 heteroatoms. The summed E-state index contributed by atoms with van der Waals surface area (Å²) in [6.45, 7) is 3.45. The molecule has 0 aliphatic heterocycles. The zero-order valence-electron chi connectivity index (χ0n) is 19.4. The molecular formula is C27H21ClN6O3. The third kappa shape index (κ3) is 6.36. The topological polar surface area (TPSA) is 116 Å². The zero-order valence-corrected chi connectivity index (χ0v) is 20.1. The van der Waals surface area contributed by atoms with Crippen LogP contribution in [0.25, 0.3) is 0 Å². The van der Waals surface area contributed by atoms with Crippen LogP contribution in [-0.4, -0.2) is 16.8 Å². The fourth-order valence-electron chi connectivity index (χ4n) is 3.43. The van der Waals surface area contributed by atoms with Crippen molar-refractivity contribution in [2.24, 2.45) is 5.29 Å². The first-order valence-electron chi connectivity index (χ1n) is 11.0. The number of amides is 2. The van der Waals surface area contributed by atoms with Crippen LogP contribution in [0.15, 0.2) is 109 Å². The maximum Gasteiger partial charge on any atom is 0.255 e. The van der Waals surface area contributed by atoms with Crippen LogP contribution >= 0.6 is 11.6 Å². The summed E-state index contributed by atoms with van der Waals surface area (Å²) in [6, 6.07) is 22.0. The molecule has 37 heavy (non-hydrogen) atoms. The van der Waals surface area contributed by atoms with E-state index in [0.717, 1.165) is 0 Å². The molecule has 0 bridgehead atoms. The Hall–Kier alpha value is -5.02. The lowest BCUT2D eigenvalue weighted by Gasteiger charge is -2.20. The van der Waals surface area contributed by atoms with Crippen molar-refractivity contribution >= 4 is 57.5 Å². The number of benzene rings is 3. The summed E-state index contributed by atoms with van der Waals surface area (Å²) in [6.07, 6.45) is 4.26. The van der Waals surface area contributed by atoms with Gasteiger partial charge in [-0.25, -0.2) is 0 Å². The van der Waals surface area contributed by atoms with Crippen LogP contribution in [0.1, 0.15) is 10.4 Å². The summed E-state index contributed by atoms with van der Waals surface area (Å²) in [5.41, 5.74) is 3.60. The lowest BCUT2D eigenvalue weighted by Crippen LogP contribution is -2.13. The van der Waals surface area contributed by atoms with Gasteiger partial charge in [-0.2, -0.15) is 5.01 Å². The van der Waals surface area contributed by atoms with Gasteiger partial charge in [0.2, 0.25) is 5.91 Å². The normalized spacial score (nSPS) is 10.2. The number of nitrogens with one attached hydrogen (secondary N) is 3. The second-order valence-electron chi connectivity index (χ2n) is 7.70. The molecule has 0 aliphatic rings. The van der Waals surface area contributed by atoms with E-state index < -0.39 is 0 Å². The fraction of sp³-hybridized carbons (Fsp3) is 0. The van der Waals surface area contributed by atoms with Crippen molar-refractivity contribution in [1.29, 1.82) is 0 Å². The van der Waals surface area contributed by atoms with Crippen LogP contribution in [0.3, 0.4) is 0 Å². The number of nitroso groups, excluding NO2 is 1. The van der Waals surface area contributed by atoms with Crippen molar-refractivity contribution < 1.29 is 9.59 Å². The predicted octanol–water partition coefficient (Wildman–Crippen LogP) is 6.67. The minimum absolute atomic E-state index is 0.314. The molecule has 1 aromatic heterocycles. The molecule has 9 nitrogen and oxygen atoms in total. The first kappa shape index (κ1) is 25.1. The van der Waals surface area contributed by atoms with Crippen LogP contribution in [0.2, 0.25) is 5.02 Å². The van der Waals surface area contributed by atoms with Crippen LogP contribution in [0.4, 0.5) is 34.1 Å². The largest absolute Gasteiger partial charge is 0.354 e. The Kier molecular flexibility index (Phi) is 7.87. The van der Waals surface area contributed by atoms with E-state index in [4.69, 9.17) is 11.6 Å². The average Bonchev–Trinajstić information content (AvgIpc) is 2.91. The molecule has 0 saturated heterocycles. The maximum absolute atomic E-state index is 12.5. The van der Waals surface area contributed by atoms with E-state index in [1.807, 2.05) is 6.07 Å². The number of carbonyl (C=O) groups excluding carboxylic acids is 2. The summed E-state index contributed by atoms with van der Waals surface area (Å²) in [5.74, 6) is -0.642. The van der Waals surface area contributed by atoms with Crippen molar-refractivity contribution in [1.82, 2.24) is 4.98 Å². The number of halogens is 1. The fourth-order valence-corrected chi connectivity index (χ4v) is 3.62. The van der Waals surface area contributed by atoms with Crippen LogP contribution in [0.5, 0.6) is 0 Å². The summed E-state index contributed by atoms with van der Waals surface area (Å²) in [5, 5.41) is 13.5. The van der Waals surface area contributed by atoms with Gasteiger partial charge in [0.25, 0.3) is 5.91 Å². The molecule has 0 atom stereocenters. The van der Waals surface area contributed by atoms with Crippen LogP contribution < -0.4 is 21.0 Å². The Morgan fingerprint density at radius 3 is 2.41 bits per heavy atom. The Morgan fingerprint density at radius 2 is 1.68 bits per heavy atom. The van der Waals surface area contributed by atoms with Crippen molar-refractivity contribution in [3.8, 4) is 0 Å². The quantitative estimate of drug-likeness (QED) is 0.131. The Labute approximate surface area is 217 Å². The molecule has 3 N–H and O–H groups in total. The number of anilines is 6. The highest BCUT2D eigenvalue weighted by molar-refractivity contribution is 6.31. The van der Waals surface area contributed by atoms with E-state index in [-0.39, 0.29) is 11.8 Å². The van der Waals surface area contributed by atoms with E-state index >= 15 is 0 Å². The SMILES string of the molecule is C=CC(=O)Nc1cccc(Nc2ccncc2N(N=O)c2ccc(NC(=O)c3cccc(Cl)c3)cc2)c1. The summed E-state index contributed by atoms with van der Waals surface area (Å²) < 4.78 is 0. The monoisotopic (exact) mass is 512 g/mol. The molecule has 0 saturated carbocycles. The summed E-state index contributed by atoms with van der Waals surface area (Å²) in [7, 11) is 0. The third-order valence-corrected chi connectivity index (χ3v) is 5.40. The lowest BCUT2D eigenvalue weighted by atomic mass is 10.2. The zero-order chi connectivity index (χ0) is 26.2. The molecule has 0 spiro atoms. The second-order valence-corrected chi connectivity index (χ2v) is 8.13. The van der Waals surface area contributed by atoms with Gasteiger partial charge in [0.1, 0.15) is 5.69 Å². The number of pyridine rings is 1. The minimum atomic E-state index is -0.328. The minimum Gasteiger partial charge on any atom is -0.354 e. The molecule has 184 valence electrons. The van der Waals surface area contributed by atoms with Gasteiger partial charge in [-0.05, 0) is 72.8 Å². The van der Waals surface area contributed by atoms with Gasteiger partial charge in [-0.15, -0.1) is 4.91 Å². The molecule has 0 aliphatic carbocycles. The molecular weight excluding hydrogens is 492 g/mol. The molecule has 4 rings (SSSR count). The summed E-state index contributed by atoms with van der Waals surface area (Å²) >= 11 is 5.96. The van der Waals surface area contributed by atoms with Gasteiger partial charge in [0.15, 0.2) is 0 Å². The molecule has 4 aromatic rings. The number of rotatable bonds is 9. The first-order valence-corrected chi connectivity index (χ1v) is 11.4. The van der Waals surface area contributed by atoms with Crippen molar-refractivity contribution in [3.05, 3.63) is 119 Å². The van der Waals surface area contributed by atoms with Gasteiger partial charge < -0.3 is 16.0 Å². The lowest BCUT2D eigenvalue weighted by molar-refractivity contribution is -0.111. The highest BCUT2D eigenvalue weighted by Crippen LogP contribution is 2.34. The molecule has 3 aromatic carbocycles. The number of aromatic nitrogens is 1. The van der Waals surface area contributed by atoms with E-state index in [1.165, 1.54) is 17.3 Å². The Balaban J connectivity index is 1.53. The van der Waals surface area contributed by atoms with Gasteiger partial charge in [-0.1, -0.05) is 30.3 Å². The van der Waals surface area contributed by atoms with E-state index in [0.29, 0.717) is 44.7 Å². The van der Waals surface area contributed by atoms with Gasteiger partial charge in [-0.3, -0.25) is 14.6 Å². The number of nitrogens with zero attached hydrogens (tertiary/aromatic N) is 3. The molecule has 2 amide bonds. The molecule has 0 fully saturated rings. The molecule has 0 unspecified atom stereocenters. The van der Waals surface area contributed by atoms with Gasteiger partial charge >= 0.3 is 0 Å². The molecule has 0 radical (unpaired) electrons. The number of hydrogen-bond donors (Lipinski definition) is 3. The highest BCUT2D eigenvalue weighted by Gasteiger charge is 2.16. The van der Waals surface area contributed by atoms with Crippen LogP contribution in [0, 0.1) is 4.91 Å². The van der Waals surface area contributed by atoms with Crippen LogP contribution in [-0.2, 0) is 4.79 Å². The third-order valence-electron chi connectivity index (χ3n) is 5.16. The van der Waals surface area contributed by atoms with Crippen molar-refractivity contribution in [2.75, 3.05) is 21.0 Å². The van der Waals surface area contributed by atoms with E-state index in [1.54, 1.807) is 79.0 Å². The first-order chi connectivity index (χ1) is 18.0. The van der Waals surface area contributed by atoms with E-state index in [2.05, 4.69) is 32.8 Å². The maximum atomic E-state index is 12.5. The second kappa shape index (κ2) is 11.6. The Bertz CT molecular complexity index is 1460. The Morgan fingerprint density at radius 1 is 0.919 bits per heavy atom. The number of carbonyl (C=O) groups is 2. The molecule has 1 heterocycles. The summed E-state index contributed by atoms with van der Waals surface area (Å²) in [4.78, 5) is 40.1. The highest BCUT2D eigenvalue weighted by atomic mass is 35.5. The smallest absolute Gasteiger partial charge is 0.255 e. The standard InChI is InChI=1S/C27H21ClN6O3/c1-2-26(35)31-22-8-4-7-21(16-22)30-24-13-14-29-17-25(24)34(33-37)23-11-9-20(10-12-23)32-27(36)18-5-3-6-19(28)15-18/h2-17H,1H2,(H,29,30)(H,31,35)(H,32,36). The van der Waals surface area contributed by atoms with Crippen molar-refractivity contribution in [3.63, 3.8) is 0 Å². The van der Waals surface area contributed by atoms with Gasteiger partial charge in [0.05, 0.1) is 22.9 Å². The predicted molar refractivity (Wildman–Crippen MR) is 147 cm³/mol.